The SMILES string of the molecule is COc1ccccc1NC(=O)N[C@@H]1C=C[C@@H](CC(=O)N[C@@H](C)c2ccccc2)O[C@@H]1CO. The second-order valence-corrected chi connectivity index (χ2v) is 7.51. The van der Waals surface area contributed by atoms with Crippen molar-refractivity contribution >= 4 is 17.6 Å². The van der Waals surface area contributed by atoms with E-state index in [-0.39, 0.29) is 25.0 Å². The minimum absolute atomic E-state index is 0.115. The van der Waals surface area contributed by atoms with Gasteiger partial charge in [0.15, 0.2) is 0 Å². The number of hydrogen-bond donors (Lipinski definition) is 4. The standard InChI is InChI=1S/C24H29N3O5/c1-16(17-8-4-3-5-9-17)25-23(29)14-18-12-13-20(22(15-28)32-18)27-24(30)26-19-10-6-7-11-21(19)31-2/h3-13,16,18,20,22,28H,14-15H2,1-2H3,(H,25,29)(H2,26,27,30)/t16-,18-,20+,22+/m0/s1. The molecule has 170 valence electrons. The number of nitrogens with one attached hydrogen (secondary N) is 3. The van der Waals surface area contributed by atoms with Crippen LogP contribution in [0.1, 0.15) is 24.9 Å². The number of hydrogen-bond acceptors (Lipinski definition) is 5. The molecule has 4 N–H and O–H groups in total. The van der Waals surface area contributed by atoms with E-state index >= 15 is 0 Å². The molecule has 3 rings (SSSR count). The largest absolute Gasteiger partial charge is 0.495 e. The Balaban J connectivity index is 1.53. The number of methoxy groups -OCH3 is 1. The van der Waals surface area contributed by atoms with E-state index in [1.165, 1.54) is 7.11 Å². The first kappa shape index (κ1) is 23.3. The van der Waals surface area contributed by atoms with Gasteiger partial charge in [0.05, 0.1) is 44.0 Å². The van der Waals surface area contributed by atoms with Gasteiger partial charge in [0.1, 0.15) is 11.9 Å². The van der Waals surface area contributed by atoms with Gasteiger partial charge in [-0.2, -0.15) is 0 Å². The summed E-state index contributed by atoms with van der Waals surface area (Å²) in [5.74, 6) is 0.376. The van der Waals surface area contributed by atoms with Gasteiger partial charge < -0.3 is 30.5 Å². The molecule has 2 aromatic rings. The fraction of sp³-hybridized carbons (Fsp3) is 0.333. The van der Waals surface area contributed by atoms with E-state index in [0.29, 0.717) is 11.4 Å². The number of amides is 3. The number of benzene rings is 2. The lowest BCUT2D eigenvalue weighted by Crippen LogP contribution is -2.50. The van der Waals surface area contributed by atoms with E-state index in [2.05, 4.69) is 16.0 Å². The molecular weight excluding hydrogens is 410 g/mol. The molecule has 0 radical (unpaired) electrons. The summed E-state index contributed by atoms with van der Waals surface area (Å²) in [4.78, 5) is 24.8. The highest BCUT2D eigenvalue weighted by Gasteiger charge is 2.29. The summed E-state index contributed by atoms with van der Waals surface area (Å²) >= 11 is 0. The number of aliphatic hydroxyl groups is 1. The third kappa shape index (κ3) is 6.32. The lowest BCUT2D eigenvalue weighted by molar-refractivity contribution is -0.125. The van der Waals surface area contributed by atoms with Crippen LogP contribution in [0.15, 0.2) is 66.7 Å². The normalized spacial score (nSPS) is 20.8. The second-order valence-electron chi connectivity index (χ2n) is 7.51. The lowest BCUT2D eigenvalue weighted by Gasteiger charge is -2.32. The number of carbonyl (C=O) groups excluding carboxylic acids is 2. The number of aliphatic hydroxyl groups excluding tert-OH is 1. The van der Waals surface area contributed by atoms with Crippen molar-refractivity contribution in [1.82, 2.24) is 10.6 Å². The fourth-order valence-corrected chi connectivity index (χ4v) is 3.50. The first-order valence-corrected chi connectivity index (χ1v) is 10.5. The summed E-state index contributed by atoms with van der Waals surface area (Å²) in [6.07, 6.45) is 2.42. The van der Waals surface area contributed by atoms with Crippen LogP contribution in [0.5, 0.6) is 5.75 Å². The predicted octanol–water partition coefficient (Wildman–Crippen LogP) is 2.77. The van der Waals surface area contributed by atoms with Gasteiger partial charge in [-0.05, 0) is 24.6 Å². The van der Waals surface area contributed by atoms with Gasteiger partial charge >= 0.3 is 6.03 Å². The molecule has 0 unspecified atom stereocenters. The van der Waals surface area contributed by atoms with Crippen LogP contribution in [0.2, 0.25) is 0 Å². The van der Waals surface area contributed by atoms with Crippen LogP contribution in [-0.4, -0.2) is 49.0 Å². The molecule has 3 amide bonds. The maximum absolute atomic E-state index is 12.4. The minimum atomic E-state index is -0.673. The second kappa shape index (κ2) is 11.3. The monoisotopic (exact) mass is 439 g/mol. The molecule has 0 aliphatic carbocycles. The number of carbonyl (C=O) groups is 2. The molecule has 1 aliphatic rings. The van der Waals surface area contributed by atoms with Gasteiger partial charge in [0.2, 0.25) is 5.91 Å². The number of rotatable bonds is 8. The van der Waals surface area contributed by atoms with E-state index in [9.17, 15) is 14.7 Å². The topological polar surface area (TPSA) is 109 Å². The average Bonchev–Trinajstić information content (AvgIpc) is 2.80. The minimum Gasteiger partial charge on any atom is -0.495 e. The van der Waals surface area contributed by atoms with Crippen molar-refractivity contribution in [2.45, 2.75) is 37.6 Å². The molecule has 8 nitrogen and oxygen atoms in total. The van der Waals surface area contributed by atoms with Gasteiger partial charge in [-0.15, -0.1) is 0 Å². The molecule has 8 heteroatoms. The van der Waals surface area contributed by atoms with Gasteiger partial charge in [0, 0.05) is 0 Å². The molecule has 32 heavy (non-hydrogen) atoms. The van der Waals surface area contributed by atoms with E-state index in [1.54, 1.807) is 36.4 Å². The zero-order valence-corrected chi connectivity index (χ0v) is 18.2. The number of ether oxygens (including phenoxy) is 2. The van der Waals surface area contributed by atoms with Crippen LogP contribution in [0.4, 0.5) is 10.5 Å². The fourth-order valence-electron chi connectivity index (χ4n) is 3.50. The summed E-state index contributed by atoms with van der Waals surface area (Å²) in [7, 11) is 1.52. The maximum atomic E-state index is 12.4. The maximum Gasteiger partial charge on any atom is 0.319 e. The third-order valence-corrected chi connectivity index (χ3v) is 5.18. The van der Waals surface area contributed by atoms with Crippen LogP contribution in [0.3, 0.4) is 0 Å². The first-order chi connectivity index (χ1) is 15.5. The van der Waals surface area contributed by atoms with Crippen LogP contribution in [0, 0.1) is 0 Å². The molecule has 0 spiro atoms. The zero-order chi connectivity index (χ0) is 22.9. The van der Waals surface area contributed by atoms with Crippen LogP contribution in [-0.2, 0) is 9.53 Å². The Morgan fingerprint density at radius 1 is 1.09 bits per heavy atom. The smallest absolute Gasteiger partial charge is 0.319 e. The molecule has 1 heterocycles. The summed E-state index contributed by atoms with van der Waals surface area (Å²) in [6.45, 7) is 1.62. The molecular formula is C24H29N3O5. The third-order valence-electron chi connectivity index (χ3n) is 5.18. The Morgan fingerprint density at radius 2 is 1.81 bits per heavy atom. The van der Waals surface area contributed by atoms with Gasteiger partial charge in [-0.3, -0.25) is 4.79 Å². The Hall–Kier alpha value is -3.36. The number of para-hydroxylation sites is 2. The molecule has 0 aromatic heterocycles. The van der Waals surface area contributed by atoms with Crippen LogP contribution < -0.4 is 20.7 Å². The molecule has 0 saturated heterocycles. The summed E-state index contributed by atoms with van der Waals surface area (Å²) in [6, 6.07) is 15.6. The number of anilines is 1. The van der Waals surface area contributed by atoms with Crippen molar-refractivity contribution in [2.75, 3.05) is 19.0 Å². The average molecular weight is 440 g/mol. The van der Waals surface area contributed by atoms with E-state index < -0.39 is 24.3 Å². The van der Waals surface area contributed by atoms with Crippen molar-refractivity contribution in [3.8, 4) is 5.75 Å². The first-order valence-electron chi connectivity index (χ1n) is 10.5. The van der Waals surface area contributed by atoms with Crippen LogP contribution >= 0.6 is 0 Å². The van der Waals surface area contributed by atoms with E-state index in [4.69, 9.17) is 9.47 Å². The van der Waals surface area contributed by atoms with Crippen molar-refractivity contribution in [3.63, 3.8) is 0 Å². The lowest BCUT2D eigenvalue weighted by atomic mass is 10.0. The van der Waals surface area contributed by atoms with Crippen molar-refractivity contribution in [2.24, 2.45) is 0 Å². The molecule has 4 atom stereocenters. The Bertz CT molecular complexity index is 934. The van der Waals surface area contributed by atoms with Crippen molar-refractivity contribution < 1.29 is 24.2 Å². The van der Waals surface area contributed by atoms with Gasteiger partial charge in [-0.1, -0.05) is 54.6 Å². The highest BCUT2D eigenvalue weighted by Crippen LogP contribution is 2.23. The van der Waals surface area contributed by atoms with E-state index in [0.717, 1.165) is 5.56 Å². The highest BCUT2D eigenvalue weighted by molar-refractivity contribution is 5.91. The Labute approximate surface area is 187 Å². The van der Waals surface area contributed by atoms with Crippen molar-refractivity contribution in [1.29, 1.82) is 0 Å². The quantitative estimate of drug-likeness (QED) is 0.473. The Morgan fingerprint density at radius 3 is 2.53 bits per heavy atom. The van der Waals surface area contributed by atoms with E-state index in [1.807, 2.05) is 37.3 Å². The molecule has 2 aromatic carbocycles. The molecule has 0 fully saturated rings. The van der Waals surface area contributed by atoms with Crippen LogP contribution in [0.25, 0.3) is 0 Å². The Kier molecular flexibility index (Phi) is 8.24. The summed E-state index contributed by atoms with van der Waals surface area (Å²) < 4.78 is 11.1. The summed E-state index contributed by atoms with van der Waals surface area (Å²) in [5, 5.41) is 18.2. The zero-order valence-electron chi connectivity index (χ0n) is 18.2. The predicted molar refractivity (Wildman–Crippen MR) is 121 cm³/mol. The summed E-state index contributed by atoms with van der Waals surface area (Å²) in [5.41, 5.74) is 1.54. The highest BCUT2D eigenvalue weighted by atomic mass is 16.5. The number of urea groups is 1. The van der Waals surface area contributed by atoms with Crippen molar-refractivity contribution in [3.05, 3.63) is 72.3 Å². The van der Waals surface area contributed by atoms with Gasteiger partial charge in [-0.25, -0.2) is 4.79 Å². The molecule has 0 bridgehead atoms. The van der Waals surface area contributed by atoms with Gasteiger partial charge in [0.25, 0.3) is 0 Å². The molecule has 1 aliphatic heterocycles. The molecule has 0 saturated carbocycles.